The van der Waals surface area contributed by atoms with E-state index in [1.807, 2.05) is 18.2 Å². The Morgan fingerprint density at radius 3 is 2.76 bits per heavy atom. The normalized spacial score (nSPS) is 20.9. The van der Waals surface area contributed by atoms with Crippen LogP contribution in [0.3, 0.4) is 0 Å². The van der Waals surface area contributed by atoms with Crippen LogP contribution in [0.25, 0.3) is 17.4 Å². The van der Waals surface area contributed by atoms with Gasteiger partial charge in [-0.2, -0.15) is 13.2 Å². The monoisotopic (exact) mass is 563 g/mol. The fourth-order valence-corrected chi connectivity index (χ4v) is 5.45. The molecule has 0 radical (unpaired) electrons. The number of benzene rings is 2. The van der Waals surface area contributed by atoms with Crippen LogP contribution < -0.4 is 4.74 Å². The maximum atomic E-state index is 13.2. The van der Waals surface area contributed by atoms with Crippen molar-refractivity contribution in [1.82, 2.24) is 0 Å². The Labute approximate surface area is 234 Å². The van der Waals surface area contributed by atoms with Crippen LogP contribution in [0.4, 0.5) is 13.2 Å². The van der Waals surface area contributed by atoms with E-state index in [0.29, 0.717) is 40.6 Å². The molecule has 0 aliphatic carbocycles. The summed E-state index contributed by atoms with van der Waals surface area (Å²) in [6.45, 7) is 8.49. The number of rotatable bonds is 5. The number of hydrogen-bond donors (Lipinski definition) is 0. The highest BCUT2D eigenvalue weighted by Crippen LogP contribution is 2.48. The third-order valence-corrected chi connectivity index (χ3v) is 7.38. The first-order valence-electron chi connectivity index (χ1n) is 13.2. The quantitative estimate of drug-likeness (QED) is 0.244. The number of esters is 2. The topological polar surface area (TPSA) is 69.2 Å². The van der Waals surface area contributed by atoms with Crippen LogP contribution in [-0.4, -0.2) is 25.2 Å². The zero-order valence-electron chi connectivity index (χ0n) is 22.3. The van der Waals surface area contributed by atoms with Crippen molar-refractivity contribution in [2.45, 2.75) is 32.4 Å². The van der Waals surface area contributed by atoms with Gasteiger partial charge in [-0.05, 0) is 48.4 Å². The molecular weight excluding hydrogens is 537 g/mol. The van der Waals surface area contributed by atoms with Gasteiger partial charge in [0.05, 0.1) is 24.9 Å². The van der Waals surface area contributed by atoms with Gasteiger partial charge in [0, 0.05) is 30.4 Å². The van der Waals surface area contributed by atoms with E-state index in [1.165, 1.54) is 6.07 Å². The highest BCUT2D eigenvalue weighted by molar-refractivity contribution is 5.96. The summed E-state index contributed by atoms with van der Waals surface area (Å²) in [5, 5.41) is 0. The van der Waals surface area contributed by atoms with E-state index in [4.69, 9.17) is 23.1 Å². The van der Waals surface area contributed by atoms with E-state index < -0.39 is 29.5 Å². The second-order valence-corrected chi connectivity index (χ2v) is 9.95. The van der Waals surface area contributed by atoms with Crippen molar-refractivity contribution >= 4 is 18.0 Å². The molecule has 0 amide bonds. The number of furan rings is 1. The largest absolute Gasteiger partial charge is 0.506 e. The van der Waals surface area contributed by atoms with Gasteiger partial charge in [0.25, 0.3) is 5.76 Å². The average Bonchev–Trinajstić information content (AvgIpc) is 3.67. The Bertz CT molecular complexity index is 1660. The van der Waals surface area contributed by atoms with Crippen LogP contribution >= 0.6 is 0 Å². The molecule has 3 aliphatic heterocycles. The lowest BCUT2D eigenvalue weighted by Crippen LogP contribution is -2.33. The van der Waals surface area contributed by atoms with Gasteiger partial charge in [0.2, 0.25) is 5.76 Å². The van der Waals surface area contributed by atoms with Crippen LogP contribution in [0.15, 0.2) is 88.3 Å². The molecular formula is C32H26F3O6+. The summed E-state index contributed by atoms with van der Waals surface area (Å²) in [6.07, 6.45) is -2.04. The minimum atomic E-state index is -4.47. The zero-order chi connectivity index (χ0) is 28.9. The highest BCUT2D eigenvalue weighted by Gasteiger charge is 2.55. The number of halogens is 3. The summed E-state index contributed by atoms with van der Waals surface area (Å²) in [7, 11) is 0. The van der Waals surface area contributed by atoms with Gasteiger partial charge >= 0.3 is 18.1 Å². The van der Waals surface area contributed by atoms with E-state index in [0.717, 1.165) is 35.4 Å². The molecule has 2 aromatic carbocycles. The first-order valence-corrected chi connectivity index (χ1v) is 13.2. The van der Waals surface area contributed by atoms with Crippen molar-refractivity contribution in [3.8, 4) is 17.1 Å². The SMILES string of the molecule is C=C1/C(=C/c2ccc(-c3cccc(C(F)(F)F)c3)o2)[O+]=C2OC(C)=C(C(=O)OCC)C(c3ccc4c(c3)OCC4)C12. The van der Waals surface area contributed by atoms with Crippen molar-refractivity contribution in [3.63, 3.8) is 0 Å². The van der Waals surface area contributed by atoms with Crippen molar-refractivity contribution < 1.29 is 41.0 Å². The first-order chi connectivity index (χ1) is 19.6. The Kier molecular flexibility index (Phi) is 6.60. The third kappa shape index (κ3) is 4.85. The lowest BCUT2D eigenvalue weighted by atomic mass is 9.75. The molecule has 41 heavy (non-hydrogen) atoms. The van der Waals surface area contributed by atoms with Crippen molar-refractivity contribution in [2.75, 3.05) is 13.2 Å². The van der Waals surface area contributed by atoms with Crippen LogP contribution in [0.5, 0.6) is 5.75 Å². The van der Waals surface area contributed by atoms with E-state index in [1.54, 1.807) is 38.1 Å². The van der Waals surface area contributed by atoms with Crippen molar-refractivity contribution in [1.29, 1.82) is 0 Å². The van der Waals surface area contributed by atoms with Crippen molar-refractivity contribution in [2.24, 2.45) is 5.92 Å². The molecule has 0 saturated heterocycles. The molecule has 1 aromatic heterocycles. The van der Waals surface area contributed by atoms with Gasteiger partial charge < -0.3 is 13.9 Å². The Morgan fingerprint density at radius 1 is 1.15 bits per heavy atom. The maximum absolute atomic E-state index is 13.2. The summed E-state index contributed by atoms with van der Waals surface area (Å²) >= 11 is 0. The van der Waals surface area contributed by atoms with Gasteiger partial charge in [-0.15, -0.1) is 0 Å². The summed E-state index contributed by atoms with van der Waals surface area (Å²) in [5.74, 6) is 0.839. The predicted molar refractivity (Wildman–Crippen MR) is 144 cm³/mol. The number of carbonyl (C=O) groups excluding carboxylic acids is 2. The molecule has 210 valence electrons. The molecule has 4 heterocycles. The van der Waals surface area contributed by atoms with Crippen LogP contribution in [0, 0.1) is 5.92 Å². The molecule has 0 fully saturated rings. The number of alkyl halides is 3. The molecule has 6 nitrogen and oxygen atoms in total. The average molecular weight is 564 g/mol. The predicted octanol–water partition coefficient (Wildman–Crippen LogP) is 7.14. The van der Waals surface area contributed by atoms with Crippen LogP contribution in [0.2, 0.25) is 0 Å². The lowest BCUT2D eigenvalue weighted by Gasteiger charge is -2.26. The van der Waals surface area contributed by atoms with E-state index in [9.17, 15) is 18.0 Å². The fourth-order valence-electron chi connectivity index (χ4n) is 5.45. The summed E-state index contributed by atoms with van der Waals surface area (Å²) in [4.78, 5) is 13.1. The standard InChI is InChI=1S/C32H26F3O6/c1-4-37-30(36)28-18(3)39-31-27(29(28)21-9-8-19-12-13-38-26(19)15-21)17(2)25(41-31)16-23-10-11-24(40-23)20-6-5-7-22(14-20)32(33,34)35/h5-11,14-16,27,29H,2,4,12-13H2,1,3H3/q+1/b25-16-. The molecule has 6 rings (SSSR count). The fraction of sp³-hybridized carbons (Fsp3) is 0.250. The maximum Gasteiger partial charge on any atom is 0.506 e. The van der Waals surface area contributed by atoms with Gasteiger partial charge in [-0.25, -0.2) is 4.79 Å². The molecule has 0 bridgehead atoms. The smallest absolute Gasteiger partial charge is 0.493 e. The Balaban J connectivity index is 1.35. The minimum absolute atomic E-state index is 0.201. The van der Waals surface area contributed by atoms with E-state index >= 15 is 0 Å². The Morgan fingerprint density at radius 2 is 1.98 bits per heavy atom. The number of hydrogen-bond acceptors (Lipinski definition) is 5. The first kappa shape index (κ1) is 26.7. The number of carbonyl (C=O) groups is 1. The van der Waals surface area contributed by atoms with Crippen molar-refractivity contribution in [3.05, 3.63) is 106 Å². The molecule has 2 unspecified atom stereocenters. The van der Waals surface area contributed by atoms with E-state index in [-0.39, 0.29) is 18.3 Å². The number of allylic oxidation sites excluding steroid dienone is 2. The molecule has 2 atom stereocenters. The van der Waals surface area contributed by atoms with E-state index in [2.05, 4.69) is 6.58 Å². The van der Waals surface area contributed by atoms with Crippen LogP contribution in [-0.2, 0) is 31.3 Å². The highest BCUT2D eigenvalue weighted by atomic mass is 19.4. The second kappa shape index (κ2) is 10.1. The summed E-state index contributed by atoms with van der Waals surface area (Å²) in [5.41, 5.74) is 2.38. The van der Waals surface area contributed by atoms with Gasteiger partial charge in [-0.1, -0.05) is 30.8 Å². The molecule has 3 aromatic rings. The second-order valence-electron chi connectivity index (χ2n) is 9.95. The van der Waals surface area contributed by atoms with Gasteiger partial charge in [-0.3, -0.25) is 9.16 Å². The number of ether oxygens (including phenoxy) is 3. The van der Waals surface area contributed by atoms with Crippen LogP contribution in [0.1, 0.15) is 42.2 Å². The molecule has 0 saturated carbocycles. The molecule has 0 N–H and O–H groups in total. The van der Waals surface area contributed by atoms with Gasteiger partial charge in [0.15, 0.2) is 5.92 Å². The summed E-state index contributed by atoms with van der Waals surface area (Å²) < 4.78 is 68.7. The minimum Gasteiger partial charge on any atom is -0.493 e. The lowest BCUT2D eigenvalue weighted by molar-refractivity contribution is -0.396. The molecule has 3 aliphatic rings. The molecule has 9 heteroatoms. The Hall–Kier alpha value is -4.53. The van der Waals surface area contributed by atoms with Gasteiger partial charge in [0.1, 0.15) is 22.8 Å². The third-order valence-electron chi connectivity index (χ3n) is 7.38. The zero-order valence-corrected chi connectivity index (χ0v) is 22.3. The summed E-state index contributed by atoms with van der Waals surface area (Å²) in [6, 6.07) is 14.1. The molecule has 0 spiro atoms. The number of fused-ring (bicyclic) bond motifs is 2.